The average molecular weight is 308 g/mol. The van der Waals surface area contributed by atoms with Gasteiger partial charge in [-0.1, -0.05) is 0 Å². The SMILES string of the molecule is CCNc1ccc(S(=O)(=O)NCCS(=O)(=O)O)cc1. The zero-order valence-corrected chi connectivity index (χ0v) is 12.0. The van der Waals surface area contributed by atoms with Crippen molar-refractivity contribution in [2.24, 2.45) is 0 Å². The lowest BCUT2D eigenvalue weighted by molar-refractivity contribution is 0.482. The molecule has 1 rings (SSSR count). The van der Waals surface area contributed by atoms with Gasteiger partial charge < -0.3 is 5.32 Å². The van der Waals surface area contributed by atoms with E-state index < -0.39 is 25.9 Å². The van der Waals surface area contributed by atoms with Gasteiger partial charge in [-0.3, -0.25) is 4.55 Å². The van der Waals surface area contributed by atoms with Gasteiger partial charge >= 0.3 is 0 Å². The lowest BCUT2D eigenvalue weighted by Crippen LogP contribution is -2.29. The Hall–Kier alpha value is -1.16. The van der Waals surface area contributed by atoms with Gasteiger partial charge in [-0.15, -0.1) is 0 Å². The fraction of sp³-hybridized carbons (Fsp3) is 0.400. The van der Waals surface area contributed by atoms with Crippen molar-refractivity contribution in [3.63, 3.8) is 0 Å². The van der Waals surface area contributed by atoms with Crippen LogP contribution in [0.5, 0.6) is 0 Å². The Kier molecular flexibility index (Phi) is 5.29. The second-order valence-corrected chi connectivity index (χ2v) is 7.08. The van der Waals surface area contributed by atoms with Crippen molar-refractivity contribution in [2.45, 2.75) is 11.8 Å². The summed E-state index contributed by atoms with van der Waals surface area (Å²) in [7, 11) is -7.95. The molecule has 0 amide bonds. The molecule has 0 saturated carbocycles. The smallest absolute Gasteiger partial charge is 0.266 e. The Labute approximate surface area is 112 Å². The van der Waals surface area contributed by atoms with Gasteiger partial charge in [0.15, 0.2) is 0 Å². The van der Waals surface area contributed by atoms with Crippen molar-refractivity contribution < 1.29 is 21.4 Å². The van der Waals surface area contributed by atoms with E-state index in [0.29, 0.717) is 0 Å². The molecule has 9 heteroatoms. The largest absolute Gasteiger partial charge is 0.385 e. The van der Waals surface area contributed by atoms with E-state index in [1.54, 1.807) is 12.1 Å². The normalized spacial score (nSPS) is 12.3. The molecule has 0 atom stereocenters. The molecular formula is C10H16N2O5S2. The lowest BCUT2D eigenvalue weighted by Gasteiger charge is -2.07. The highest BCUT2D eigenvalue weighted by atomic mass is 32.2. The predicted molar refractivity (Wildman–Crippen MR) is 72.2 cm³/mol. The van der Waals surface area contributed by atoms with E-state index in [0.717, 1.165) is 12.2 Å². The quantitative estimate of drug-likeness (QED) is 0.624. The van der Waals surface area contributed by atoms with E-state index in [4.69, 9.17) is 4.55 Å². The molecule has 7 nitrogen and oxygen atoms in total. The van der Waals surface area contributed by atoms with Gasteiger partial charge in [0.05, 0.1) is 10.6 Å². The zero-order valence-electron chi connectivity index (χ0n) is 10.3. The lowest BCUT2D eigenvalue weighted by atomic mass is 10.3. The standard InChI is InChI=1S/C10H16N2O5S2/c1-2-11-9-3-5-10(6-4-9)19(16,17)12-7-8-18(13,14)15/h3-6,11-12H,2,7-8H2,1H3,(H,13,14,15). The van der Waals surface area contributed by atoms with E-state index in [-0.39, 0.29) is 11.4 Å². The number of hydrogen-bond acceptors (Lipinski definition) is 5. The minimum absolute atomic E-state index is 0.0319. The Morgan fingerprint density at radius 2 is 1.68 bits per heavy atom. The molecule has 0 fully saturated rings. The molecule has 0 saturated heterocycles. The zero-order chi connectivity index (χ0) is 14.5. The molecule has 0 radical (unpaired) electrons. The first-order chi connectivity index (χ1) is 8.74. The fourth-order valence-corrected chi connectivity index (χ4v) is 2.87. The molecule has 0 heterocycles. The molecule has 0 aliphatic rings. The van der Waals surface area contributed by atoms with Crippen LogP contribution in [0.3, 0.4) is 0 Å². The first kappa shape index (κ1) is 15.9. The monoisotopic (exact) mass is 308 g/mol. The van der Waals surface area contributed by atoms with Crippen LogP contribution in [0.2, 0.25) is 0 Å². The van der Waals surface area contributed by atoms with Gasteiger partial charge in [-0.05, 0) is 31.2 Å². The summed E-state index contributed by atoms with van der Waals surface area (Å²) in [6, 6.07) is 6.04. The summed E-state index contributed by atoms with van der Waals surface area (Å²) < 4.78 is 55.1. The molecule has 0 aliphatic heterocycles. The molecule has 19 heavy (non-hydrogen) atoms. The molecule has 0 aliphatic carbocycles. The van der Waals surface area contributed by atoms with Crippen molar-refractivity contribution in [1.29, 1.82) is 0 Å². The van der Waals surface area contributed by atoms with Crippen LogP contribution in [-0.2, 0) is 20.1 Å². The second kappa shape index (κ2) is 6.33. The van der Waals surface area contributed by atoms with E-state index in [2.05, 4.69) is 10.0 Å². The highest BCUT2D eigenvalue weighted by molar-refractivity contribution is 7.89. The summed E-state index contributed by atoms with van der Waals surface area (Å²) in [6.07, 6.45) is 0. The van der Waals surface area contributed by atoms with Crippen molar-refractivity contribution >= 4 is 25.8 Å². The van der Waals surface area contributed by atoms with Crippen LogP contribution in [0, 0.1) is 0 Å². The Morgan fingerprint density at radius 1 is 1.11 bits per heavy atom. The second-order valence-electron chi connectivity index (χ2n) is 3.74. The number of nitrogens with one attached hydrogen (secondary N) is 2. The van der Waals surface area contributed by atoms with Crippen molar-refractivity contribution in [1.82, 2.24) is 4.72 Å². The first-order valence-corrected chi connectivity index (χ1v) is 8.62. The maximum Gasteiger partial charge on any atom is 0.266 e. The van der Waals surface area contributed by atoms with Crippen LogP contribution >= 0.6 is 0 Å². The van der Waals surface area contributed by atoms with Gasteiger partial charge in [-0.2, -0.15) is 8.42 Å². The molecule has 1 aromatic rings. The predicted octanol–water partition coefficient (Wildman–Crippen LogP) is 0.285. The number of hydrogen-bond donors (Lipinski definition) is 3. The van der Waals surface area contributed by atoms with Crippen LogP contribution in [0.15, 0.2) is 29.2 Å². The summed E-state index contributed by atoms with van der Waals surface area (Å²) in [4.78, 5) is 0.0319. The fourth-order valence-electron chi connectivity index (χ4n) is 1.34. The number of sulfonamides is 1. The third-order valence-corrected chi connectivity index (χ3v) is 4.39. The third kappa shape index (κ3) is 5.55. The topological polar surface area (TPSA) is 113 Å². The van der Waals surface area contributed by atoms with E-state index in [1.807, 2.05) is 6.92 Å². The highest BCUT2D eigenvalue weighted by Gasteiger charge is 2.14. The summed E-state index contributed by atoms with van der Waals surface area (Å²) in [5, 5.41) is 3.02. The number of anilines is 1. The van der Waals surface area contributed by atoms with E-state index in [1.165, 1.54) is 12.1 Å². The Morgan fingerprint density at radius 3 is 2.16 bits per heavy atom. The van der Waals surface area contributed by atoms with Gasteiger partial charge in [0.1, 0.15) is 0 Å². The van der Waals surface area contributed by atoms with Gasteiger partial charge in [-0.25, -0.2) is 13.1 Å². The van der Waals surface area contributed by atoms with Crippen LogP contribution in [0.4, 0.5) is 5.69 Å². The van der Waals surface area contributed by atoms with E-state index in [9.17, 15) is 16.8 Å². The Bertz CT molecular complexity index is 608. The molecule has 1 aromatic carbocycles. The van der Waals surface area contributed by atoms with Gasteiger partial charge in [0.2, 0.25) is 10.0 Å². The summed E-state index contributed by atoms with van der Waals surface area (Å²) >= 11 is 0. The third-order valence-electron chi connectivity index (χ3n) is 2.20. The molecule has 0 unspecified atom stereocenters. The molecule has 0 spiro atoms. The molecular weight excluding hydrogens is 292 g/mol. The van der Waals surface area contributed by atoms with Gasteiger partial charge in [0.25, 0.3) is 10.1 Å². The van der Waals surface area contributed by atoms with Crippen molar-refractivity contribution in [2.75, 3.05) is 24.2 Å². The molecule has 108 valence electrons. The minimum atomic E-state index is -4.18. The van der Waals surface area contributed by atoms with Crippen LogP contribution < -0.4 is 10.0 Å². The molecule has 0 aromatic heterocycles. The first-order valence-electron chi connectivity index (χ1n) is 5.53. The van der Waals surface area contributed by atoms with Crippen LogP contribution in [-0.4, -0.2) is 40.2 Å². The number of rotatable bonds is 7. The minimum Gasteiger partial charge on any atom is -0.385 e. The summed E-state index contributed by atoms with van der Waals surface area (Å²) in [5.41, 5.74) is 0.791. The average Bonchev–Trinajstić information content (AvgIpc) is 2.28. The van der Waals surface area contributed by atoms with Crippen molar-refractivity contribution in [3.05, 3.63) is 24.3 Å². The van der Waals surface area contributed by atoms with Gasteiger partial charge in [0, 0.05) is 18.8 Å². The van der Waals surface area contributed by atoms with Crippen LogP contribution in [0.1, 0.15) is 6.92 Å². The Balaban J connectivity index is 2.72. The van der Waals surface area contributed by atoms with Crippen molar-refractivity contribution in [3.8, 4) is 0 Å². The summed E-state index contributed by atoms with van der Waals surface area (Å²) in [6.45, 7) is 2.26. The highest BCUT2D eigenvalue weighted by Crippen LogP contribution is 2.13. The van der Waals surface area contributed by atoms with Crippen LogP contribution in [0.25, 0.3) is 0 Å². The molecule has 0 bridgehead atoms. The maximum absolute atomic E-state index is 11.8. The van der Waals surface area contributed by atoms with E-state index >= 15 is 0 Å². The molecule has 3 N–H and O–H groups in total. The maximum atomic E-state index is 11.8. The summed E-state index contributed by atoms with van der Waals surface area (Å²) in [5.74, 6) is -0.665. The number of benzene rings is 1.